The normalized spacial score (nSPS) is 10.8. The molecule has 3 rings (SSSR count). The van der Waals surface area contributed by atoms with Gasteiger partial charge in [-0.05, 0) is 30.2 Å². The molecule has 0 saturated carbocycles. The highest BCUT2D eigenvalue weighted by Crippen LogP contribution is 2.18. The number of rotatable bonds is 3. The molecule has 0 fully saturated rings. The molecule has 0 unspecified atom stereocenters. The first-order valence-corrected chi connectivity index (χ1v) is 6.20. The van der Waals surface area contributed by atoms with Crippen molar-refractivity contribution in [1.29, 1.82) is 0 Å². The summed E-state index contributed by atoms with van der Waals surface area (Å²) in [6.45, 7) is 2.10. The highest BCUT2D eigenvalue weighted by Gasteiger charge is 2.09. The van der Waals surface area contributed by atoms with E-state index < -0.39 is 0 Å². The molecule has 4 nitrogen and oxygen atoms in total. The molecule has 0 aliphatic carbocycles. The van der Waals surface area contributed by atoms with Crippen molar-refractivity contribution in [1.82, 2.24) is 14.6 Å². The highest BCUT2D eigenvalue weighted by atomic mass is 16.5. The molecule has 0 radical (unpaired) electrons. The van der Waals surface area contributed by atoms with Gasteiger partial charge in [-0.15, -0.1) is 0 Å². The second-order valence-electron chi connectivity index (χ2n) is 4.48. The van der Waals surface area contributed by atoms with Gasteiger partial charge in [0.15, 0.2) is 17.2 Å². The number of fused-ring (bicyclic) bond motifs is 1. The molecule has 0 bridgehead atoms. The van der Waals surface area contributed by atoms with E-state index in [1.54, 1.807) is 11.6 Å². The molecule has 19 heavy (non-hydrogen) atoms. The van der Waals surface area contributed by atoms with Gasteiger partial charge in [-0.3, -0.25) is 0 Å². The Morgan fingerprint density at radius 2 is 2.00 bits per heavy atom. The second kappa shape index (κ2) is 4.72. The molecule has 4 heteroatoms. The fraction of sp³-hybridized carbons (Fsp3) is 0.200. The van der Waals surface area contributed by atoms with Gasteiger partial charge >= 0.3 is 0 Å². The van der Waals surface area contributed by atoms with E-state index in [1.807, 2.05) is 30.5 Å². The third-order valence-electron chi connectivity index (χ3n) is 3.20. The Kier molecular flexibility index (Phi) is 2.91. The third kappa shape index (κ3) is 2.17. The maximum atomic E-state index is 5.29. The second-order valence-corrected chi connectivity index (χ2v) is 4.48. The zero-order valence-corrected chi connectivity index (χ0v) is 11.0. The Hall–Kier alpha value is -2.36. The zero-order chi connectivity index (χ0) is 13.2. The largest absolute Gasteiger partial charge is 0.493 e. The lowest BCUT2D eigenvalue weighted by atomic mass is 10.1. The topological polar surface area (TPSA) is 39.4 Å². The van der Waals surface area contributed by atoms with Crippen LogP contribution in [-0.2, 0) is 6.42 Å². The van der Waals surface area contributed by atoms with Gasteiger partial charge in [-0.1, -0.05) is 24.3 Å². The minimum Gasteiger partial charge on any atom is -0.493 e. The van der Waals surface area contributed by atoms with Crippen LogP contribution in [-0.4, -0.2) is 21.7 Å². The number of nitrogens with zero attached hydrogens (tertiary/aromatic N) is 3. The fourth-order valence-electron chi connectivity index (χ4n) is 2.14. The van der Waals surface area contributed by atoms with E-state index in [-0.39, 0.29) is 0 Å². The predicted octanol–water partition coefficient (Wildman–Crippen LogP) is 2.64. The standard InChI is InChI=1S/C15H15N3O/c1-11-6-3-4-7-12(11)10-14-16-15-13(19-2)8-5-9-18(15)17-14/h3-9H,10H2,1-2H3. The van der Waals surface area contributed by atoms with Crippen molar-refractivity contribution < 1.29 is 4.74 Å². The highest BCUT2D eigenvalue weighted by molar-refractivity contribution is 5.52. The Balaban J connectivity index is 2.00. The summed E-state index contributed by atoms with van der Waals surface area (Å²) < 4.78 is 7.05. The molecule has 0 aliphatic rings. The maximum absolute atomic E-state index is 5.29. The number of benzene rings is 1. The van der Waals surface area contributed by atoms with E-state index in [0.29, 0.717) is 0 Å². The molecule has 0 spiro atoms. The third-order valence-corrected chi connectivity index (χ3v) is 3.20. The molecule has 2 aromatic heterocycles. The van der Waals surface area contributed by atoms with Gasteiger partial charge in [0.25, 0.3) is 0 Å². The predicted molar refractivity (Wildman–Crippen MR) is 73.5 cm³/mol. The first kappa shape index (κ1) is 11.7. The molecular formula is C15H15N3O. The SMILES string of the molecule is COc1cccn2nc(Cc3ccccc3C)nc12. The summed E-state index contributed by atoms with van der Waals surface area (Å²) in [5.74, 6) is 1.55. The van der Waals surface area contributed by atoms with Gasteiger partial charge in [0, 0.05) is 12.6 Å². The number of aryl methyl sites for hydroxylation is 1. The van der Waals surface area contributed by atoms with Crippen LogP contribution >= 0.6 is 0 Å². The van der Waals surface area contributed by atoms with Crippen LogP contribution in [0.3, 0.4) is 0 Å². The van der Waals surface area contributed by atoms with Crippen LogP contribution < -0.4 is 4.74 Å². The molecule has 3 aromatic rings. The number of ether oxygens (including phenoxy) is 1. The molecule has 0 atom stereocenters. The summed E-state index contributed by atoms with van der Waals surface area (Å²) in [6, 6.07) is 12.1. The lowest BCUT2D eigenvalue weighted by Crippen LogP contribution is -1.94. The zero-order valence-electron chi connectivity index (χ0n) is 11.0. The van der Waals surface area contributed by atoms with Gasteiger partial charge in [0.1, 0.15) is 0 Å². The molecule has 0 amide bonds. The van der Waals surface area contributed by atoms with E-state index in [0.717, 1.165) is 23.6 Å². The van der Waals surface area contributed by atoms with Gasteiger partial charge in [0.05, 0.1) is 7.11 Å². The Morgan fingerprint density at radius 1 is 1.16 bits per heavy atom. The van der Waals surface area contributed by atoms with E-state index in [4.69, 9.17) is 4.74 Å². The molecule has 0 saturated heterocycles. The van der Waals surface area contributed by atoms with Crippen molar-refractivity contribution in [2.75, 3.05) is 7.11 Å². The van der Waals surface area contributed by atoms with Gasteiger partial charge in [-0.25, -0.2) is 9.50 Å². The average molecular weight is 253 g/mol. The van der Waals surface area contributed by atoms with Crippen molar-refractivity contribution in [3.63, 3.8) is 0 Å². The van der Waals surface area contributed by atoms with Crippen molar-refractivity contribution >= 4 is 5.65 Å². The lowest BCUT2D eigenvalue weighted by molar-refractivity contribution is 0.416. The number of pyridine rings is 1. The number of methoxy groups -OCH3 is 1. The Morgan fingerprint density at radius 3 is 2.79 bits per heavy atom. The van der Waals surface area contributed by atoms with Crippen molar-refractivity contribution in [3.05, 3.63) is 59.5 Å². The molecule has 0 aliphatic heterocycles. The summed E-state index contributed by atoms with van der Waals surface area (Å²) in [7, 11) is 1.64. The van der Waals surface area contributed by atoms with Crippen LogP contribution in [0.2, 0.25) is 0 Å². The summed E-state index contributed by atoms with van der Waals surface area (Å²) in [5.41, 5.74) is 3.26. The van der Waals surface area contributed by atoms with Gasteiger partial charge in [0.2, 0.25) is 0 Å². The molecular weight excluding hydrogens is 238 g/mol. The number of hydrogen-bond acceptors (Lipinski definition) is 3. The lowest BCUT2D eigenvalue weighted by Gasteiger charge is -2.01. The number of hydrogen-bond donors (Lipinski definition) is 0. The molecule has 0 N–H and O–H groups in total. The Bertz CT molecular complexity index is 718. The number of aromatic nitrogens is 3. The first-order chi connectivity index (χ1) is 9.28. The quantitative estimate of drug-likeness (QED) is 0.720. The summed E-state index contributed by atoms with van der Waals surface area (Å²) in [6.07, 6.45) is 2.61. The monoisotopic (exact) mass is 253 g/mol. The van der Waals surface area contributed by atoms with Crippen LogP contribution in [0.4, 0.5) is 0 Å². The van der Waals surface area contributed by atoms with Crippen LogP contribution in [0.1, 0.15) is 17.0 Å². The van der Waals surface area contributed by atoms with Crippen molar-refractivity contribution in [2.24, 2.45) is 0 Å². The fourth-order valence-corrected chi connectivity index (χ4v) is 2.14. The summed E-state index contributed by atoms with van der Waals surface area (Å²) >= 11 is 0. The van der Waals surface area contributed by atoms with E-state index in [1.165, 1.54) is 11.1 Å². The minimum absolute atomic E-state index is 0.734. The van der Waals surface area contributed by atoms with Crippen molar-refractivity contribution in [3.8, 4) is 5.75 Å². The molecule has 2 heterocycles. The van der Waals surface area contributed by atoms with E-state index in [2.05, 4.69) is 29.1 Å². The van der Waals surface area contributed by atoms with Crippen LogP contribution in [0.25, 0.3) is 5.65 Å². The molecule has 96 valence electrons. The Labute approximate surface area is 111 Å². The smallest absolute Gasteiger partial charge is 0.198 e. The van der Waals surface area contributed by atoms with Crippen LogP contribution in [0.5, 0.6) is 5.75 Å². The van der Waals surface area contributed by atoms with Crippen molar-refractivity contribution in [2.45, 2.75) is 13.3 Å². The average Bonchev–Trinajstić information content (AvgIpc) is 2.83. The van der Waals surface area contributed by atoms with Crippen LogP contribution in [0.15, 0.2) is 42.6 Å². The van der Waals surface area contributed by atoms with Crippen LogP contribution in [0, 0.1) is 6.92 Å². The first-order valence-electron chi connectivity index (χ1n) is 6.20. The van der Waals surface area contributed by atoms with E-state index in [9.17, 15) is 0 Å². The summed E-state index contributed by atoms with van der Waals surface area (Å²) in [4.78, 5) is 4.55. The van der Waals surface area contributed by atoms with Gasteiger partial charge in [-0.2, -0.15) is 5.10 Å². The van der Waals surface area contributed by atoms with E-state index >= 15 is 0 Å². The maximum Gasteiger partial charge on any atom is 0.198 e. The molecule has 1 aromatic carbocycles. The summed E-state index contributed by atoms with van der Waals surface area (Å²) in [5, 5.41) is 4.48. The van der Waals surface area contributed by atoms with Gasteiger partial charge < -0.3 is 4.74 Å². The minimum atomic E-state index is 0.734.